The molecule has 6 heteroatoms. The first-order valence-corrected chi connectivity index (χ1v) is 7.88. The van der Waals surface area contributed by atoms with Crippen molar-refractivity contribution in [3.05, 3.63) is 29.8 Å². The Hall–Kier alpha value is -0.950. The summed E-state index contributed by atoms with van der Waals surface area (Å²) in [5.41, 5.74) is 6.39. The molecule has 0 spiro atoms. The number of nitrogens with one attached hydrogen (secondary N) is 1. The molecule has 0 amide bonds. The summed E-state index contributed by atoms with van der Waals surface area (Å²) in [6, 6.07) is 6.16. The van der Waals surface area contributed by atoms with Gasteiger partial charge in [0.2, 0.25) is 10.0 Å². The summed E-state index contributed by atoms with van der Waals surface area (Å²) >= 11 is 0. The van der Waals surface area contributed by atoms with Crippen molar-refractivity contribution < 1.29 is 13.5 Å². The quantitative estimate of drug-likeness (QED) is 0.615. The van der Waals surface area contributed by atoms with Crippen LogP contribution >= 0.6 is 0 Å². The zero-order valence-corrected chi connectivity index (χ0v) is 12.0. The maximum Gasteiger partial charge on any atom is 0.240 e. The van der Waals surface area contributed by atoms with E-state index in [0.29, 0.717) is 13.0 Å². The largest absolute Gasteiger partial charge is 0.395 e. The van der Waals surface area contributed by atoms with E-state index in [-0.39, 0.29) is 11.5 Å². The Morgan fingerprint density at radius 3 is 2.42 bits per heavy atom. The normalized spacial score (nSPS) is 13.4. The van der Waals surface area contributed by atoms with Crippen molar-refractivity contribution in [3.8, 4) is 0 Å². The smallest absolute Gasteiger partial charge is 0.240 e. The van der Waals surface area contributed by atoms with Crippen molar-refractivity contribution in [1.29, 1.82) is 0 Å². The molecule has 4 N–H and O–H groups in total. The van der Waals surface area contributed by atoms with Gasteiger partial charge >= 0.3 is 0 Å². The van der Waals surface area contributed by atoms with Crippen LogP contribution in [0, 0.1) is 6.92 Å². The maximum atomic E-state index is 12.1. The monoisotopic (exact) mass is 286 g/mol. The Kier molecular flexibility index (Phi) is 6.44. The van der Waals surface area contributed by atoms with Gasteiger partial charge in [-0.15, -0.1) is 0 Å². The van der Waals surface area contributed by atoms with Gasteiger partial charge in [0, 0.05) is 6.04 Å². The molecule has 0 aliphatic heterocycles. The number of nitrogens with two attached hydrogens (primary N) is 1. The third kappa shape index (κ3) is 5.28. The third-order valence-electron chi connectivity index (χ3n) is 2.88. The molecule has 0 heterocycles. The van der Waals surface area contributed by atoms with Gasteiger partial charge in [0.15, 0.2) is 0 Å². The summed E-state index contributed by atoms with van der Waals surface area (Å²) in [5.74, 6) is 0. The van der Waals surface area contributed by atoms with Crippen LogP contribution in [-0.4, -0.2) is 32.7 Å². The number of aryl methyl sites for hydroxylation is 1. The molecule has 0 aromatic heterocycles. The predicted octanol–water partition coefficient (Wildman–Crippen LogP) is 0.763. The van der Waals surface area contributed by atoms with Crippen molar-refractivity contribution >= 4 is 10.0 Å². The highest BCUT2D eigenvalue weighted by atomic mass is 32.2. The molecule has 0 bridgehead atoms. The zero-order chi connectivity index (χ0) is 14.3. The van der Waals surface area contributed by atoms with E-state index in [4.69, 9.17) is 5.73 Å². The molecular weight excluding hydrogens is 264 g/mol. The second-order valence-corrected chi connectivity index (χ2v) is 6.31. The topological polar surface area (TPSA) is 92.4 Å². The third-order valence-corrected chi connectivity index (χ3v) is 4.42. The molecule has 19 heavy (non-hydrogen) atoms. The second kappa shape index (κ2) is 7.59. The van der Waals surface area contributed by atoms with E-state index in [2.05, 4.69) is 4.72 Å². The maximum absolute atomic E-state index is 12.1. The minimum absolute atomic E-state index is 0.213. The molecule has 0 saturated carbocycles. The summed E-state index contributed by atoms with van der Waals surface area (Å²) in [6.07, 6.45) is 2.19. The number of aliphatic hydroxyl groups is 1. The van der Waals surface area contributed by atoms with E-state index >= 15 is 0 Å². The molecule has 0 fully saturated rings. The molecule has 1 atom stereocenters. The Morgan fingerprint density at radius 1 is 1.26 bits per heavy atom. The van der Waals surface area contributed by atoms with Crippen LogP contribution in [0.25, 0.3) is 0 Å². The number of rotatable bonds is 8. The lowest BCUT2D eigenvalue weighted by Gasteiger charge is -2.16. The molecule has 0 radical (unpaired) electrons. The van der Waals surface area contributed by atoms with Gasteiger partial charge in [0.1, 0.15) is 0 Å². The van der Waals surface area contributed by atoms with E-state index in [0.717, 1.165) is 18.4 Å². The number of sulfonamides is 1. The summed E-state index contributed by atoms with van der Waals surface area (Å²) in [5, 5.41) is 9.22. The van der Waals surface area contributed by atoms with Crippen molar-refractivity contribution in [2.75, 3.05) is 13.2 Å². The summed E-state index contributed by atoms with van der Waals surface area (Å²) < 4.78 is 26.7. The fourth-order valence-corrected chi connectivity index (χ4v) is 2.99. The summed E-state index contributed by atoms with van der Waals surface area (Å²) in [7, 11) is -3.57. The van der Waals surface area contributed by atoms with E-state index in [1.165, 1.54) is 0 Å². The van der Waals surface area contributed by atoms with E-state index in [1.54, 1.807) is 24.3 Å². The molecule has 1 rings (SSSR count). The SMILES string of the molecule is Cc1ccc(S(=O)(=O)N[C@H](CO)CCCCN)cc1. The Morgan fingerprint density at radius 2 is 1.89 bits per heavy atom. The van der Waals surface area contributed by atoms with Gasteiger partial charge in [-0.05, 0) is 38.4 Å². The number of hydrogen-bond acceptors (Lipinski definition) is 4. The first-order chi connectivity index (χ1) is 8.99. The standard InChI is InChI=1S/C13H22N2O3S/c1-11-5-7-13(8-6-11)19(17,18)15-12(10-16)4-2-3-9-14/h5-8,12,15-16H,2-4,9-10,14H2,1H3/t12-/m0/s1. The molecule has 0 saturated heterocycles. The van der Waals surface area contributed by atoms with E-state index in [1.807, 2.05) is 6.92 Å². The van der Waals surface area contributed by atoms with Gasteiger partial charge in [0.05, 0.1) is 11.5 Å². The average molecular weight is 286 g/mol. The Bertz CT molecular complexity index is 471. The van der Waals surface area contributed by atoms with Crippen molar-refractivity contribution in [1.82, 2.24) is 4.72 Å². The molecule has 5 nitrogen and oxygen atoms in total. The van der Waals surface area contributed by atoms with Gasteiger partial charge in [0.25, 0.3) is 0 Å². The van der Waals surface area contributed by atoms with Crippen LogP contribution in [0.2, 0.25) is 0 Å². The predicted molar refractivity (Wildman–Crippen MR) is 75.3 cm³/mol. The molecule has 1 aromatic carbocycles. The highest BCUT2D eigenvalue weighted by Gasteiger charge is 2.19. The van der Waals surface area contributed by atoms with Crippen LogP contribution in [0.3, 0.4) is 0 Å². The molecule has 0 aliphatic rings. The number of unbranched alkanes of at least 4 members (excludes halogenated alkanes) is 1. The highest BCUT2D eigenvalue weighted by Crippen LogP contribution is 2.12. The van der Waals surface area contributed by atoms with Gasteiger partial charge in [-0.3, -0.25) is 0 Å². The molecule has 108 valence electrons. The van der Waals surface area contributed by atoms with Crippen LogP contribution in [0.15, 0.2) is 29.2 Å². The minimum atomic E-state index is -3.57. The van der Waals surface area contributed by atoms with Gasteiger partial charge in [-0.2, -0.15) is 0 Å². The van der Waals surface area contributed by atoms with Gasteiger partial charge in [-0.25, -0.2) is 13.1 Å². The molecular formula is C13H22N2O3S. The molecule has 0 aliphatic carbocycles. The van der Waals surface area contributed by atoms with Crippen LogP contribution in [-0.2, 0) is 10.0 Å². The fraction of sp³-hybridized carbons (Fsp3) is 0.538. The molecule has 0 unspecified atom stereocenters. The first-order valence-electron chi connectivity index (χ1n) is 6.39. The lowest BCUT2D eigenvalue weighted by atomic mass is 10.1. The van der Waals surface area contributed by atoms with E-state index in [9.17, 15) is 13.5 Å². The summed E-state index contributed by atoms with van der Waals surface area (Å²) in [4.78, 5) is 0.218. The van der Waals surface area contributed by atoms with Crippen molar-refractivity contribution in [2.45, 2.75) is 37.1 Å². The number of aliphatic hydroxyl groups excluding tert-OH is 1. The van der Waals surface area contributed by atoms with E-state index < -0.39 is 16.1 Å². The highest BCUT2D eigenvalue weighted by molar-refractivity contribution is 7.89. The van der Waals surface area contributed by atoms with Crippen LogP contribution in [0.5, 0.6) is 0 Å². The summed E-state index contributed by atoms with van der Waals surface area (Å²) in [6.45, 7) is 2.26. The first kappa shape index (κ1) is 16.1. The van der Waals surface area contributed by atoms with Crippen LogP contribution < -0.4 is 10.5 Å². The minimum Gasteiger partial charge on any atom is -0.395 e. The lowest BCUT2D eigenvalue weighted by molar-refractivity contribution is 0.248. The van der Waals surface area contributed by atoms with Gasteiger partial charge in [-0.1, -0.05) is 24.1 Å². The van der Waals surface area contributed by atoms with Gasteiger partial charge < -0.3 is 10.8 Å². The number of hydrogen-bond donors (Lipinski definition) is 3. The van der Waals surface area contributed by atoms with Crippen LogP contribution in [0.1, 0.15) is 24.8 Å². The second-order valence-electron chi connectivity index (χ2n) is 4.60. The molecule has 1 aromatic rings. The Labute approximate surface area is 114 Å². The fourth-order valence-electron chi connectivity index (χ4n) is 1.73. The van der Waals surface area contributed by atoms with Crippen molar-refractivity contribution in [2.24, 2.45) is 5.73 Å². The lowest BCUT2D eigenvalue weighted by Crippen LogP contribution is -2.37. The van der Waals surface area contributed by atoms with Crippen LogP contribution in [0.4, 0.5) is 0 Å². The average Bonchev–Trinajstić information content (AvgIpc) is 2.38. The Balaban J connectivity index is 2.69. The number of benzene rings is 1. The van der Waals surface area contributed by atoms with Crippen molar-refractivity contribution in [3.63, 3.8) is 0 Å². The zero-order valence-electron chi connectivity index (χ0n) is 11.2.